The van der Waals surface area contributed by atoms with Crippen LogP contribution in [0.25, 0.3) is 6.08 Å². The molecule has 0 spiro atoms. The van der Waals surface area contributed by atoms with E-state index in [-0.39, 0.29) is 6.61 Å². The van der Waals surface area contributed by atoms with Gasteiger partial charge in [-0.3, -0.25) is 4.79 Å². The van der Waals surface area contributed by atoms with Crippen molar-refractivity contribution in [3.05, 3.63) is 42.0 Å². The van der Waals surface area contributed by atoms with Gasteiger partial charge in [-0.15, -0.1) is 0 Å². The van der Waals surface area contributed by atoms with E-state index in [0.29, 0.717) is 0 Å². The Morgan fingerprint density at radius 2 is 1.70 bits per heavy atom. The molecule has 27 heavy (non-hydrogen) atoms. The molecule has 1 aliphatic carbocycles. The highest BCUT2D eigenvalue weighted by molar-refractivity contribution is 5.85. The van der Waals surface area contributed by atoms with Crippen molar-refractivity contribution in [2.45, 2.75) is 18.5 Å². The third kappa shape index (κ3) is 2.68. The summed E-state index contributed by atoms with van der Waals surface area (Å²) in [5, 5.41) is 10.1. The molecule has 1 aromatic rings. The van der Waals surface area contributed by atoms with Crippen molar-refractivity contribution >= 4 is 12.0 Å². The summed E-state index contributed by atoms with van der Waals surface area (Å²) in [5.41, 5.74) is -0.925. The predicted octanol–water partition coefficient (Wildman–Crippen LogP) is 2.38. The van der Waals surface area contributed by atoms with Crippen LogP contribution in [0.4, 0.5) is 0 Å². The highest BCUT2D eigenvalue weighted by atomic mass is 16.8. The zero-order valence-corrected chi connectivity index (χ0v) is 16.2. The minimum absolute atomic E-state index is 0.105. The molecule has 0 N–H and O–H groups in total. The summed E-state index contributed by atoms with van der Waals surface area (Å²) in [5.74, 6) is -4.94. The lowest BCUT2D eigenvalue weighted by Gasteiger charge is -2.65. The SMILES string of the molecule is CCOC(=O)[C@]1(C#N)[C@H](/C=C/c2ccccc2)C(OC)(OC)C1(OC)OC. The maximum atomic E-state index is 12.9. The van der Waals surface area contributed by atoms with Crippen LogP contribution in [0, 0.1) is 22.7 Å². The highest BCUT2D eigenvalue weighted by Crippen LogP contribution is 2.66. The molecule has 0 radical (unpaired) electrons. The molecular weight excluding hydrogens is 350 g/mol. The van der Waals surface area contributed by atoms with E-state index in [4.69, 9.17) is 23.7 Å². The van der Waals surface area contributed by atoms with Crippen LogP contribution in [0.3, 0.4) is 0 Å². The number of rotatable bonds is 8. The Morgan fingerprint density at radius 1 is 1.11 bits per heavy atom. The van der Waals surface area contributed by atoms with Gasteiger partial charge in [0.15, 0.2) is 0 Å². The minimum Gasteiger partial charge on any atom is -0.465 e. The Bertz CT molecular complexity index is 718. The van der Waals surface area contributed by atoms with Gasteiger partial charge in [-0.1, -0.05) is 42.5 Å². The standard InChI is InChI=1S/C20H25NO6/c1-6-27-17(22)18(14-21)16(13-12-15-10-8-7-9-11-15)19(23-2,24-3)20(18,25-4)26-5/h7-13,16H,6H2,1-5H3/b13-12+/t16-,18-/m0/s1. The Hall–Kier alpha value is -2.24. The smallest absolute Gasteiger partial charge is 0.333 e. The van der Waals surface area contributed by atoms with E-state index in [2.05, 4.69) is 6.07 Å². The topological polar surface area (TPSA) is 87.0 Å². The molecule has 146 valence electrons. The average molecular weight is 375 g/mol. The molecule has 2 atom stereocenters. The number of hydrogen-bond acceptors (Lipinski definition) is 7. The number of ether oxygens (including phenoxy) is 5. The second kappa shape index (κ2) is 8.19. The van der Waals surface area contributed by atoms with Crippen LogP contribution in [-0.2, 0) is 28.5 Å². The number of nitrogens with zero attached hydrogens (tertiary/aromatic N) is 1. The van der Waals surface area contributed by atoms with Gasteiger partial charge in [0.2, 0.25) is 11.2 Å². The van der Waals surface area contributed by atoms with Crippen molar-refractivity contribution in [2.75, 3.05) is 35.0 Å². The van der Waals surface area contributed by atoms with Crippen LogP contribution in [0.1, 0.15) is 12.5 Å². The summed E-state index contributed by atoms with van der Waals surface area (Å²) in [4.78, 5) is 12.9. The predicted molar refractivity (Wildman–Crippen MR) is 97.1 cm³/mol. The lowest BCUT2D eigenvalue weighted by molar-refractivity contribution is -0.492. The maximum absolute atomic E-state index is 12.9. The molecule has 1 aliphatic rings. The van der Waals surface area contributed by atoms with Gasteiger partial charge in [0.25, 0.3) is 5.79 Å². The molecule has 0 heterocycles. The molecule has 1 fully saturated rings. The number of benzene rings is 1. The fraction of sp³-hybridized carbons (Fsp3) is 0.500. The fourth-order valence-electron chi connectivity index (χ4n) is 3.92. The Labute approximate surface area is 159 Å². The van der Waals surface area contributed by atoms with Crippen LogP contribution in [0.15, 0.2) is 36.4 Å². The van der Waals surface area contributed by atoms with Gasteiger partial charge in [-0.2, -0.15) is 5.26 Å². The van der Waals surface area contributed by atoms with Gasteiger partial charge in [0.05, 0.1) is 18.6 Å². The number of carbonyl (C=O) groups excluding carboxylic acids is 1. The normalized spacial score (nSPS) is 25.6. The van der Waals surface area contributed by atoms with Crippen molar-refractivity contribution in [3.63, 3.8) is 0 Å². The summed E-state index contributed by atoms with van der Waals surface area (Å²) in [6.07, 6.45) is 3.48. The van der Waals surface area contributed by atoms with E-state index in [1.807, 2.05) is 30.3 Å². The highest BCUT2D eigenvalue weighted by Gasteiger charge is 2.88. The van der Waals surface area contributed by atoms with Gasteiger partial charge < -0.3 is 23.7 Å². The summed E-state index contributed by atoms with van der Waals surface area (Å²) in [6, 6.07) is 11.5. The molecule has 0 aromatic heterocycles. The van der Waals surface area contributed by atoms with Crippen LogP contribution in [0.5, 0.6) is 0 Å². The Kier molecular flexibility index (Phi) is 6.39. The monoisotopic (exact) mass is 375 g/mol. The third-order valence-electron chi connectivity index (χ3n) is 5.09. The zero-order chi connectivity index (χ0) is 20.1. The molecule has 1 aromatic carbocycles. The van der Waals surface area contributed by atoms with Crippen molar-refractivity contribution in [1.82, 2.24) is 0 Å². The first-order valence-corrected chi connectivity index (χ1v) is 8.52. The molecule has 0 saturated heterocycles. The molecule has 0 aliphatic heterocycles. The number of nitriles is 1. The summed E-state index contributed by atoms with van der Waals surface area (Å²) >= 11 is 0. The molecule has 0 bridgehead atoms. The van der Waals surface area contributed by atoms with Crippen molar-refractivity contribution in [2.24, 2.45) is 11.3 Å². The molecule has 7 nitrogen and oxygen atoms in total. The van der Waals surface area contributed by atoms with Gasteiger partial charge in [-0.05, 0) is 12.5 Å². The van der Waals surface area contributed by atoms with E-state index < -0.39 is 28.9 Å². The molecule has 0 unspecified atom stereocenters. The molecular formula is C20H25NO6. The second-order valence-electron chi connectivity index (χ2n) is 5.99. The van der Waals surface area contributed by atoms with E-state index in [1.165, 1.54) is 28.4 Å². The largest absolute Gasteiger partial charge is 0.465 e. The molecule has 7 heteroatoms. The van der Waals surface area contributed by atoms with E-state index in [9.17, 15) is 10.1 Å². The lowest BCUT2D eigenvalue weighted by Crippen LogP contribution is -2.85. The van der Waals surface area contributed by atoms with Gasteiger partial charge >= 0.3 is 5.97 Å². The molecule has 0 amide bonds. The first kappa shape index (κ1) is 21.1. The van der Waals surface area contributed by atoms with Gasteiger partial charge in [-0.25, -0.2) is 0 Å². The van der Waals surface area contributed by atoms with Crippen molar-refractivity contribution < 1.29 is 28.5 Å². The number of hydrogen-bond donors (Lipinski definition) is 0. The number of carbonyl (C=O) groups is 1. The van der Waals surface area contributed by atoms with Crippen molar-refractivity contribution in [1.29, 1.82) is 5.26 Å². The number of methoxy groups -OCH3 is 4. The van der Waals surface area contributed by atoms with Crippen LogP contribution in [0.2, 0.25) is 0 Å². The quantitative estimate of drug-likeness (QED) is 0.509. The maximum Gasteiger partial charge on any atom is 0.333 e. The number of esters is 1. The van der Waals surface area contributed by atoms with Gasteiger partial charge in [0.1, 0.15) is 0 Å². The molecule has 1 saturated carbocycles. The summed E-state index contributed by atoms with van der Waals surface area (Å²) < 4.78 is 27.5. The average Bonchev–Trinajstić information content (AvgIpc) is 2.70. The van der Waals surface area contributed by atoms with Gasteiger partial charge in [0, 0.05) is 28.4 Å². The Morgan fingerprint density at radius 3 is 2.15 bits per heavy atom. The van der Waals surface area contributed by atoms with E-state index in [0.717, 1.165) is 5.56 Å². The second-order valence-corrected chi connectivity index (χ2v) is 5.99. The zero-order valence-electron chi connectivity index (χ0n) is 16.2. The fourth-order valence-corrected chi connectivity index (χ4v) is 3.92. The van der Waals surface area contributed by atoms with E-state index >= 15 is 0 Å². The van der Waals surface area contributed by atoms with Crippen LogP contribution >= 0.6 is 0 Å². The first-order chi connectivity index (χ1) is 13.0. The minimum atomic E-state index is -1.82. The van der Waals surface area contributed by atoms with Crippen LogP contribution in [-0.4, -0.2) is 52.6 Å². The molecule has 2 rings (SSSR count). The summed E-state index contributed by atoms with van der Waals surface area (Å²) in [6.45, 7) is 1.77. The first-order valence-electron chi connectivity index (χ1n) is 8.52. The summed E-state index contributed by atoms with van der Waals surface area (Å²) in [7, 11) is 5.48. The Balaban J connectivity index is 2.65. The lowest BCUT2D eigenvalue weighted by atomic mass is 9.50. The van der Waals surface area contributed by atoms with Crippen molar-refractivity contribution in [3.8, 4) is 6.07 Å². The van der Waals surface area contributed by atoms with Crippen LogP contribution < -0.4 is 0 Å². The van der Waals surface area contributed by atoms with E-state index in [1.54, 1.807) is 19.1 Å². The third-order valence-corrected chi connectivity index (χ3v) is 5.09.